The van der Waals surface area contributed by atoms with E-state index in [1.54, 1.807) is 6.08 Å². The molecule has 1 saturated carbocycles. The summed E-state index contributed by atoms with van der Waals surface area (Å²) in [5.74, 6) is 0.547. The average Bonchev–Trinajstić information content (AvgIpc) is 3.61. The molecule has 0 bridgehead atoms. The molecule has 2 aliphatic carbocycles. The molecule has 4 aliphatic rings. The lowest BCUT2D eigenvalue weighted by Gasteiger charge is -2.31. The van der Waals surface area contributed by atoms with Crippen LogP contribution in [0, 0.1) is 5.92 Å². The number of carbonyl (C=O) groups excluding carboxylic acids is 3. The van der Waals surface area contributed by atoms with Crippen molar-refractivity contribution in [2.24, 2.45) is 5.92 Å². The smallest absolute Gasteiger partial charge is 0.326 e. The lowest BCUT2D eigenvalue weighted by atomic mass is 9.92. The first-order chi connectivity index (χ1) is 17.4. The Balaban J connectivity index is 1.20. The van der Waals surface area contributed by atoms with Crippen LogP contribution in [0.2, 0.25) is 0 Å². The number of urea groups is 1. The van der Waals surface area contributed by atoms with Gasteiger partial charge < -0.3 is 20.3 Å². The van der Waals surface area contributed by atoms with Gasteiger partial charge in [0.15, 0.2) is 5.54 Å². The van der Waals surface area contributed by atoms with Gasteiger partial charge in [-0.15, -0.1) is 0 Å². The van der Waals surface area contributed by atoms with Crippen LogP contribution in [0.4, 0.5) is 4.79 Å². The Hall–Kier alpha value is -3.65. The van der Waals surface area contributed by atoms with E-state index in [-0.39, 0.29) is 24.6 Å². The Morgan fingerprint density at radius 2 is 1.94 bits per heavy atom. The first-order valence-corrected chi connectivity index (χ1v) is 12.6. The molecule has 2 atom stereocenters. The Morgan fingerprint density at radius 3 is 2.64 bits per heavy atom. The molecule has 2 N–H and O–H groups in total. The minimum atomic E-state index is -1.28. The molecular formula is C28H30N4O4. The first kappa shape index (κ1) is 22.8. The van der Waals surface area contributed by atoms with Gasteiger partial charge in [0.1, 0.15) is 18.4 Å². The predicted octanol–water partition coefficient (Wildman–Crippen LogP) is 2.64. The van der Waals surface area contributed by atoms with Crippen molar-refractivity contribution in [1.29, 1.82) is 0 Å². The van der Waals surface area contributed by atoms with Crippen LogP contribution in [-0.4, -0.2) is 59.4 Å². The minimum absolute atomic E-state index is 0.0452. The summed E-state index contributed by atoms with van der Waals surface area (Å²) in [5, 5.41) is 6.03. The SMILES string of the molecule is C[C@@H](C1CC1)N(Cc1ccccc1)C(=O)CN1C(=O)NC2(C=Cc3cc(OC4CNC4)ccc32)C1=O. The quantitative estimate of drug-likeness (QED) is 0.560. The summed E-state index contributed by atoms with van der Waals surface area (Å²) in [6.45, 7) is 3.86. The zero-order chi connectivity index (χ0) is 24.9. The molecule has 36 heavy (non-hydrogen) atoms. The third-order valence-electron chi connectivity index (χ3n) is 7.74. The van der Waals surface area contributed by atoms with Gasteiger partial charge >= 0.3 is 6.03 Å². The zero-order valence-electron chi connectivity index (χ0n) is 20.3. The number of carbonyl (C=O) groups is 3. The van der Waals surface area contributed by atoms with Crippen molar-refractivity contribution < 1.29 is 19.1 Å². The number of amides is 4. The van der Waals surface area contributed by atoms with Gasteiger partial charge in [-0.2, -0.15) is 0 Å². The molecule has 0 aromatic heterocycles. The summed E-state index contributed by atoms with van der Waals surface area (Å²) in [4.78, 5) is 43.0. The van der Waals surface area contributed by atoms with Crippen LogP contribution in [0.3, 0.4) is 0 Å². The summed E-state index contributed by atoms with van der Waals surface area (Å²) in [6.07, 6.45) is 5.88. The van der Waals surface area contributed by atoms with Crippen molar-refractivity contribution in [3.63, 3.8) is 0 Å². The van der Waals surface area contributed by atoms with Crippen LogP contribution >= 0.6 is 0 Å². The van der Waals surface area contributed by atoms with Gasteiger partial charge in [-0.1, -0.05) is 42.5 Å². The van der Waals surface area contributed by atoms with Crippen LogP contribution in [0.25, 0.3) is 6.08 Å². The maximum Gasteiger partial charge on any atom is 0.326 e. The fraction of sp³-hybridized carbons (Fsp3) is 0.393. The number of fused-ring (bicyclic) bond motifs is 2. The summed E-state index contributed by atoms with van der Waals surface area (Å²) in [6, 6.07) is 14.9. The van der Waals surface area contributed by atoms with Gasteiger partial charge in [0.05, 0.1) is 0 Å². The highest BCUT2D eigenvalue weighted by atomic mass is 16.5. The van der Waals surface area contributed by atoms with E-state index in [0.29, 0.717) is 18.0 Å². The van der Waals surface area contributed by atoms with E-state index in [0.717, 1.165) is 47.7 Å². The number of imide groups is 1. The second kappa shape index (κ2) is 8.78. The zero-order valence-corrected chi connectivity index (χ0v) is 20.3. The number of hydrogen-bond donors (Lipinski definition) is 2. The van der Waals surface area contributed by atoms with Gasteiger partial charge in [0, 0.05) is 25.7 Å². The average molecular weight is 487 g/mol. The van der Waals surface area contributed by atoms with Gasteiger partial charge in [0.25, 0.3) is 5.91 Å². The first-order valence-electron chi connectivity index (χ1n) is 12.6. The van der Waals surface area contributed by atoms with E-state index in [2.05, 4.69) is 17.6 Å². The lowest BCUT2D eigenvalue weighted by Crippen LogP contribution is -2.50. The maximum atomic E-state index is 13.6. The third kappa shape index (κ3) is 3.95. The van der Waals surface area contributed by atoms with E-state index < -0.39 is 17.5 Å². The number of nitrogens with zero attached hydrogens (tertiary/aromatic N) is 2. The van der Waals surface area contributed by atoms with Crippen LogP contribution in [-0.2, 0) is 21.7 Å². The Kier molecular flexibility index (Phi) is 5.56. The van der Waals surface area contributed by atoms with Crippen molar-refractivity contribution in [3.8, 4) is 5.75 Å². The van der Waals surface area contributed by atoms with Gasteiger partial charge in [-0.05, 0) is 60.6 Å². The molecule has 2 heterocycles. The summed E-state index contributed by atoms with van der Waals surface area (Å²) < 4.78 is 5.94. The largest absolute Gasteiger partial charge is 0.488 e. The summed E-state index contributed by atoms with van der Waals surface area (Å²) in [5.41, 5.74) is 1.27. The molecule has 1 spiro atoms. The van der Waals surface area contributed by atoms with E-state index >= 15 is 0 Å². The molecule has 2 aromatic rings. The van der Waals surface area contributed by atoms with E-state index in [1.807, 2.05) is 59.5 Å². The van der Waals surface area contributed by atoms with Crippen molar-refractivity contribution in [2.75, 3.05) is 19.6 Å². The fourth-order valence-corrected chi connectivity index (χ4v) is 5.29. The highest BCUT2D eigenvalue weighted by molar-refractivity contribution is 6.12. The molecule has 0 radical (unpaired) electrons. The van der Waals surface area contributed by atoms with E-state index in [9.17, 15) is 14.4 Å². The number of benzene rings is 2. The Bertz CT molecular complexity index is 1240. The van der Waals surface area contributed by atoms with E-state index in [1.165, 1.54) is 0 Å². The molecule has 2 aromatic carbocycles. The number of nitrogens with one attached hydrogen (secondary N) is 2. The fourth-order valence-electron chi connectivity index (χ4n) is 5.29. The normalized spacial score (nSPS) is 23.4. The minimum Gasteiger partial charge on any atom is -0.488 e. The molecule has 6 rings (SSSR count). The van der Waals surface area contributed by atoms with Gasteiger partial charge in [0.2, 0.25) is 5.91 Å². The standard InChI is InChI=1S/C28H30N4O4/c1-18(20-7-8-20)31(16-19-5-3-2-4-6-19)25(33)17-32-26(34)28(30-27(32)35)12-11-21-13-22(9-10-24(21)28)36-23-14-29-15-23/h2-6,9-13,18,20,23,29H,7-8,14-17H2,1H3,(H,30,35)/t18-,28?/m0/s1. The highest BCUT2D eigenvalue weighted by Gasteiger charge is 2.54. The van der Waals surface area contributed by atoms with Crippen LogP contribution in [0.15, 0.2) is 54.6 Å². The molecule has 4 amide bonds. The topological polar surface area (TPSA) is 91.0 Å². The van der Waals surface area contributed by atoms with Gasteiger partial charge in [-0.25, -0.2) is 4.79 Å². The molecule has 1 unspecified atom stereocenters. The van der Waals surface area contributed by atoms with E-state index in [4.69, 9.17) is 4.74 Å². The molecule has 8 nitrogen and oxygen atoms in total. The molecule has 3 fully saturated rings. The van der Waals surface area contributed by atoms with Crippen molar-refractivity contribution in [1.82, 2.24) is 20.4 Å². The Morgan fingerprint density at radius 1 is 1.17 bits per heavy atom. The molecule has 2 aliphatic heterocycles. The second-order valence-electron chi connectivity index (χ2n) is 10.2. The third-order valence-corrected chi connectivity index (χ3v) is 7.74. The van der Waals surface area contributed by atoms with Crippen LogP contribution < -0.4 is 15.4 Å². The molecular weight excluding hydrogens is 456 g/mol. The molecule has 186 valence electrons. The van der Waals surface area contributed by atoms with Crippen molar-refractivity contribution >= 4 is 23.9 Å². The summed E-state index contributed by atoms with van der Waals surface area (Å²) >= 11 is 0. The summed E-state index contributed by atoms with van der Waals surface area (Å²) in [7, 11) is 0. The second-order valence-corrected chi connectivity index (χ2v) is 10.2. The Labute approximate surface area is 210 Å². The van der Waals surface area contributed by atoms with Crippen LogP contribution in [0.5, 0.6) is 5.75 Å². The maximum absolute atomic E-state index is 13.6. The molecule has 8 heteroatoms. The number of ether oxygens (including phenoxy) is 1. The lowest BCUT2D eigenvalue weighted by molar-refractivity contribution is -0.140. The number of rotatable bonds is 8. The van der Waals surface area contributed by atoms with Crippen molar-refractivity contribution in [3.05, 3.63) is 71.3 Å². The predicted molar refractivity (Wildman–Crippen MR) is 134 cm³/mol. The van der Waals surface area contributed by atoms with Gasteiger partial charge in [-0.3, -0.25) is 14.5 Å². The molecule has 2 saturated heterocycles. The highest BCUT2D eigenvalue weighted by Crippen LogP contribution is 2.41. The monoisotopic (exact) mass is 486 g/mol. The van der Waals surface area contributed by atoms with Crippen molar-refractivity contribution in [2.45, 2.75) is 44.0 Å². The van der Waals surface area contributed by atoms with Crippen LogP contribution in [0.1, 0.15) is 36.5 Å². The number of hydrogen-bond acceptors (Lipinski definition) is 5.